The molecule has 0 atom stereocenters. The third kappa shape index (κ3) is 3.29. The molecule has 0 radical (unpaired) electrons. The quantitative estimate of drug-likeness (QED) is 0.849. The van der Waals surface area contributed by atoms with E-state index >= 15 is 0 Å². The number of hydrogen-bond acceptors (Lipinski definition) is 4. The molecule has 0 aliphatic heterocycles. The lowest BCUT2D eigenvalue weighted by Gasteiger charge is -2.21. The van der Waals surface area contributed by atoms with Gasteiger partial charge in [-0.3, -0.25) is 4.79 Å². The monoisotopic (exact) mass is 283 g/mol. The number of ether oxygens (including phenoxy) is 1. The summed E-state index contributed by atoms with van der Waals surface area (Å²) in [5.41, 5.74) is 0.584. The fraction of sp³-hybridized carbons (Fsp3) is 0.312. The minimum atomic E-state index is -0.415. The van der Waals surface area contributed by atoms with Crippen LogP contribution in [0.3, 0.4) is 0 Å². The highest BCUT2D eigenvalue weighted by molar-refractivity contribution is 5.40. The van der Waals surface area contributed by atoms with E-state index < -0.39 is 5.56 Å². The Bertz CT molecular complexity index is 747. The number of rotatable bonds is 2. The van der Waals surface area contributed by atoms with Gasteiger partial charge in [-0.2, -0.15) is 15.0 Å². The first-order valence-corrected chi connectivity index (χ1v) is 6.60. The molecule has 0 fully saturated rings. The van der Waals surface area contributed by atoms with Crippen LogP contribution in [-0.4, -0.2) is 15.4 Å². The lowest BCUT2D eigenvalue weighted by Crippen LogP contribution is -2.25. The summed E-state index contributed by atoms with van der Waals surface area (Å²) in [5, 5.41) is 13.1. The lowest BCUT2D eigenvalue weighted by molar-refractivity contribution is 0.131. The first kappa shape index (κ1) is 14.8. The van der Waals surface area contributed by atoms with Gasteiger partial charge in [-0.1, -0.05) is 0 Å². The highest BCUT2D eigenvalue weighted by Gasteiger charge is 2.13. The Kier molecular flexibility index (Phi) is 3.81. The Morgan fingerprint density at radius 2 is 1.86 bits per heavy atom. The third-order valence-corrected chi connectivity index (χ3v) is 2.78. The number of aryl methyl sites for hydroxylation is 1. The van der Waals surface area contributed by atoms with E-state index in [0.717, 1.165) is 0 Å². The van der Waals surface area contributed by atoms with Gasteiger partial charge in [-0.25, -0.2) is 0 Å². The maximum absolute atomic E-state index is 12.2. The maximum atomic E-state index is 12.2. The molecule has 0 aliphatic rings. The second-order valence-corrected chi connectivity index (χ2v) is 5.74. The van der Waals surface area contributed by atoms with Crippen molar-refractivity contribution in [2.24, 2.45) is 0 Å². The molecule has 0 N–H and O–H groups in total. The molecule has 21 heavy (non-hydrogen) atoms. The van der Waals surface area contributed by atoms with E-state index in [4.69, 9.17) is 10.00 Å². The zero-order chi connectivity index (χ0) is 15.6. The maximum Gasteiger partial charge on any atom is 0.289 e. The van der Waals surface area contributed by atoms with Crippen LogP contribution in [0.5, 0.6) is 5.75 Å². The molecule has 0 amide bonds. The average molecular weight is 283 g/mol. The van der Waals surface area contributed by atoms with Gasteiger partial charge in [0.1, 0.15) is 23.0 Å². The summed E-state index contributed by atoms with van der Waals surface area (Å²) in [4.78, 5) is 12.2. The molecule has 108 valence electrons. The summed E-state index contributed by atoms with van der Waals surface area (Å²) in [6.07, 6.45) is 1.51. The molecule has 1 aromatic heterocycles. The Hall–Kier alpha value is -2.61. The highest BCUT2D eigenvalue weighted by atomic mass is 16.5. The third-order valence-electron chi connectivity index (χ3n) is 2.78. The normalized spacial score (nSPS) is 11.0. The molecule has 0 saturated heterocycles. The van der Waals surface area contributed by atoms with Gasteiger partial charge in [-0.05, 0) is 57.5 Å². The predicted molar refractivity (Wildman–Crippen MR) is 79.7 cm³/mol. The van der Waals surface area contributed by atoms with Crippen molar-refractivity contribution < 1.29 is 4.74 Å². The molecule has 0 saturated carbocycles. The Labute approximate surface area is 123 Å². The van der Waals surface area contributed by atoms with Gasteiger partial charge < -0.3 is 4.74 Å². The standard InChI is InChI=1S/C16H17N3O2/c1-11-10-18-19(15(20)14(11)9-17)12-5-7-13(8-6-12)21-16(2,3)4/h5-8,10H,1-4H3. The predicted octanol–water partition coefficient (Wildman–Crippen LogP) is 2.59. The van der Waals surface area contributed by atoms with Gasteiger partial charge in [0.15, 0.2) is 0 Å². The van der Waals surface area contributed by atoms with E-state index in [9.17, 15) is 4.79 Å². The lowest BCUT2D eigenvalue weighted by atomic mass is 10.2. The van der Waals surface area contributed by atoms with Crippen molar-refractivity contribution in [3.8, 4) is 17.5 Å². The number of hydrogen-bond donors (Lipinski definition) is 0. The van der Waals surface area contributed by atoms with Crippen LogP contribution in [0.25, 0.3) is 5.69 Å². The smallest absolute Gasteiger partial charge is 0.289 e. The molecule has 1 aromatic carbocycles. The van der Waals surface area contributed by atoms with Gasteiger partial charge in [0, 0.05) is 0 Å². The SMILES string of the molecule is Cc1cnn(-c2ccc(OC(C)(C)C)cc2)c(=O)c1C#N. The van der Waals surface area contributed by atoms with Crippen molar-refractivity contribution in [1.29, 1.82) is 5.26 Å². The molecule has 2 rings (SSSR count). The minimum absolute atomic E-state index is 0.111. The van der Waals surface area contributed by atoms with Gasteiger partial charge in [-0.15, -0.1) is 0 Å². The van der Waals surface area contributed by atoms with E-state index in [1.807, 2.05) is 26.8 Å². The highest BCUT2D eigenvalue weighted by Crippen LogP contribution is 2.19. The summed E-state index contributed by atoms with van der Waals surface area (Å²) in [5.74, 6) is 0.715. The number of benzene rings is 1. The van der Waals surface area contributed by atoms with E-state index in [-0.39, 0.29) is 11.2 Å². The summed E-state index contributed by atoms with van der Waals surface area (Å²) in [6.45, 7) is 7.59. The van der Waals surface area contributed by atoms with Crippen LogP contribution >= 0.6 is 0 Å². The molecular weight excluding hydrogens is 266 g/mol. The molecule has 0 spiro atoms. The van der Waals surface area contributed by atoms with Crippen LogP contribution in [0.1, 0.15) is 31.9 Å². The minimum Gasteiger partial charge on any atom is -0.488 e. The first-order chi connectivity index (χ1) is 9.81. The summed E-state index contributed by atoms with van der Waals surface area (Å²) in [7, 11) is 0. The average Bonchev–Trinajstić information content (AvgIpc) is 2.39. The van der Waals surface area contributed by atoms with Crippen molar-refractivity contribution in [1.82, 2.24) is 9.78 Å². The summed E-state index contributed by atoms with van der Waals surface area (Å²) >= 11 is 0. The van der Waals surface area contributed by atoms with Crippen molar-refractivity contribution in [3.05, 3.63) is 51.9 Å². The van der Waals surface area contributed by atoms with E-state index in [2.05, 4.69) is 5.10 Å². The molecule has 2 aromatic rings. The van der Waals surface area contributed by atoms with E-state index in [0.29, 0.717) is 17.0 Å². The molecule has 0 aliphatic carbocycles. The van der Waals surface area contributed by atoms with Gasteiger partial charge in [0.25, 0.3) is 5.56 Å². The van der Waals surface area contributed by atoms with Crippen molar-refractivity contribution >= 4 is 0 Å². The zero-order valence-corrected chi connectivity index (χ0v) is 12.5. The molecule has 5 heteroatoms. The van der Waals surface area contributed by atoms with Crippen LogP contribution in [0.15, 0.2) is 35.3 Å². The van der Waals surface area contributed by atoms with Crippen LogP contribution in [-0.2, 0) is 0 Å². The molecule has 1 heterocycles. The number of aromatic nitrogens is 2. The van der Waals surface area contributed by atoms with Crippen LogP contribution in [0.2, 0.25) is 0 Å². The van der Waals surface area contributed by atoms with Gasteiger partial charge in [0.05, 0.1) is 11.9 Å². The van der Waals surface area contributed by atoms with Crippen molar-refractivity contribution in [3.63, 3.8) is 0 Å². The Morgan fingerprint density at radius 3 is 2.38 bits per heavy atom. The topological polar surface area (TPSA) is 67.9 Å². The van der Waals surface area contributed by atoms with Crippen LogP contribution in [0, 0.1) is 18.3 Å². The fourth-order valence-corrected chi connectivity index (χ4v) is 1.86. The van der Waals surface area contributed by atoms with Crippen molar-refractivity contribution in [2.45, 2.75) is 33.3 Å². The second kappa shape index (κ2) is 5.41. The molecule has 5 nitrogen and oxygen atoms in total. The molecule has 0 bridgehead atoms. The van der Waals surface area contributed by atoms with E-state index in [1.165, 1.54) is 10.9 Å². The largest absolute Gasteiger partial charge is 0.488 e. The summed E-state index contributed by atoms with van der Waals surface area (Å²) in [6, 6.07) is 8.96. The second-order valence-electron chi connectivity index (χ2n) is 5.74. The van der Waals surface area contributed by atoms with Crippen LogP contribution in [0.4, 0.5) is 0 Å². The Balaban J connectivity index is 2.41. The number of nitriles is 1. The van der Waals surface area contributed by atoms with E-state index in [1.54, 1.807) is 31.2 Å². The van der Waals surface area contributed by atoms with Crippen LogP contribution < -0.4 is 10.3 Å². The molecule has 0 unspecified atom stereocenters. The zero-order valence-electron chi connectivity index (χ0n) is 12.5. The fourth-order valence-electron chi connectivity index (χ4n) is 1.86. The first-order valence-electron chi connectivity index (χ1n) is 6.60. The number of nitrogens with zero attached hydrogens (tertiary/aromatic N) is 3. The Morgan fingerprint density at radius 1 is 1.24 bits per heavy atom. The molecular formula is C16H17N3O2. The van der Waals surface area contributed by atoms with Crippen molar-refractivity contribution in [2.75, 3.05) is 0 Å². The van der Waals surface area contributed by atoms with Gasteiger partial charge >= 0.3 is 0 Å². The van der Waals surface area contributed by atoms with Gasteiger partial charge in [0.2, 0.25) is 0 Å². The summed E-state index contributed by atoms with van der Waals surface area (Å²) < 4.78 is 6.94.